The van der Waals surface area contributed by atoms with Gasteiger partial charge >= 0.3 is 5.97 Å². The van der Waals surface area contributed by atoms with Gasteiger partial charge in [0, 0.05) is 29.6 Å². The van der Waals surface area contributed by atoms with Crippen LogP contribution in [-0.4, -0.2) is 30.8 Å². The highest BCUT2D eigenvalue weighted by Gasteiger charge is 2.20. The van der Waals surface area contributed by atoms with Gasteiger partial charge in [-0.15, -0.1) is 0 Å². The second-order valence-electron chi connectivity index (χ2n) is 8.42. The summed E-state index contributed by atoms with van der Waals surface area (Å²) in [5, 5.41) is 0. The third-order valence-corrected chi connectivity index (χ3v) is 4.30. The molecule has 1 aromatic heterocycles. The Labute approximate surface area is 179 Å². The third-order valence-electron chi connectivity index (χ3n) is 4.30. The highest BCUT2D eigenvalue weighted by molar-refractivity contribution is 5.82. The van der Waals surface area contributed by atoms with Crippen LogP contribution in [-0.2, 0) is 20.7 Å². The highest BCUT2D eigenvalue weighted by Crippen LogP contribution is 2.17. The summed E-state index contributed by atoms with van der Waals surface area (Å²) in [4.78, 5) is 15.7. The summed E-state index contributed by atoms with van der Waals surface area (Å²) in [6, 6.07) is 12.6. The van der Waals surface area contributed by atoms with E-state index in [0.717, 1.165) is 17.6 Å². The second kappa shape index (κ2) is 11.3. The Balaban J connectivity index is 1.79. The van der Waals surface area contributed by atoms with E-state index >= 15 is 0 Å². The zero-order valence-electron chi connectivity index (χ0n) is 18.4. The van der Waals surface area contributed by atoms with Crippen LogP contribution in [0.1, 0.15) is 44.4 Å². The average molecular weight is 409 g/mol. The number of hydrogen-bond donors (Lipinski definition) is 1. The van der Waals surface area contributed by atoms with Crippen molar-refractivity contribution in [1.82, 2.24) is 4.98 Å². The van der Waals surface area contributed by atoms with Crippen molar-refractivity contribution < 1.29 is 14.3 Å². The fourth-order valence-electron chi connectivity index (χ4n) is 2.82. The van der Waals surface area contributed by atoms with Gasteiger partial charge in [0.1, 0.15) is 0 Å². The van der Waals surface area contributed by atoms with Crippen LogP contribution in [0.15, 0.2) is 66.1 Å². The molecule has 2 aromatic rings. The molecule has 1 aromatic carbocycles. The minimum absolute atomic E-state index is 0.275. The molecule has 0 bridgehead atoms. The van der Waals surface area contributed by atoms with E-state index in [4.69, 9.17) is 15.2 Å². The van der Waals surface area contributed by atoms with Crippen molar-refractivity contribution in [2.24, 2.45) is 11.1 Å². The normalized spacial score (nSPS) is 12.7. The minimum Gasteiger partial charge on any atom is -0.462 e. The molecule has 0 fully saturated rings. The van der Waals surface area contributed by atoms with Crippen LogP contribution >= 0.6 is 0 Å². The molecule has 160 valence electrons. The van der Waals surface area contributed by atoms with Gasteiger partial charge in [0.05, 0.1) is 19.8 Å². The summed E-state index contributed by atoms with van der Waals surface area (Å²) < 4.78 is 11.1. The van der Waals surface area contributed by atoms with E-state index in [1.54, 1.807) is 13.1 Å². The van der Waals surface area contributed by atoms with E-state index in [1.165, 1.54) is 17.2 Å². The molecule has 0 spiro atoms. The molecule has 1 heterocycles. The maximum atomic E-state index is 11.6. The molecular formula is C25H32N2O3. The molecule has 0 unspecified atom stereocenters. The Kier molecular flexibility index (Phi) is 8.81. The first-order chi connectivity index (χ1) is 14.2. The number of allylic oxidation sites excluding steroid dienone is 1. The van der Waals surface area contributed by atoms with Gasteiger partial charge in [0.25, 0.3) is 0 Å². The topological polar surface area (TPSA) is 74.4 Å². The fraction of sp³-hybridized carbons (Fsp3) is 0.360. The van der Waals surface area contributed by atoms with Gasteiger partial charge in [-0.05, 0) is 48.6 Å². The number of carbonyl (C=O) groups is 1. The molecule has 30 heavy (non-hydrogen) atoms. The second-order valence-corrected chi connectivity index (χ2v) is 8.42. The van der Waals surface area contributed by atoms with Gasteiger partial charge in [0.15, 0.2) is 0 Å². The molecule has 0 amide bonds. The number of nitrogens with two attached hydrogens (primary N) is 1. The monoisotopic (exact) mass is 408 g/mol. The number of carbonyl (C=O) groups excluding carboxylic acids is 1. The number of rotatable bonds is 10. The molecule has 5 nitrogen and oxygen atoms in total. The number of ether oxygens (including phenoxy) is 2. The summed E-state index contributed by atoms with van der Waals surface area (Å²) in [5.41, 5.74) is 10.4. The Morgan fingerprint density at radius 1 is 1.10 bits per heavy atom. The lowest BCUT2D eigenvalue weighted by molar-refractivity contribution is -0.141. The zero-order chi connectivity index (χ0) is 22.0. The molecule has 0 atom stereocenters. The molecular weight excluding hydrogens is 376 g/mol. The van der Waals surface area contributed by atoms with E-state index in [-0.39, 0.29) is 12.0 Å². The van der Waals surface area contributed by atoms with Crippen LogP contribution < -0.4 is 5.73 Å². The van der Waals surface area contributed by atoms with E-state index < -0.39 is 5.97 Å². The average Bonchev–Trinajstić information content (AvgIpc) is 2.68. The van der Waals surface area contributed by atoms with Crippen LogP contribution in [0.5, 0.6) is 0 Å². The number of nitrogens with zero attached hydrogens (tertiary/aromatic N) is 1. The predicted octanol–water partition coefficient (Wildman–Crippen LogP) is 4.52. The summed E-state index contributed by atoms with van der Waals surface area (Å²) in [6.07, 6.45) is 7.96. The van der Waals surface area contributed by atoms with Crippen LogP contribution in [0.2, 0.25) is 0 Å². The number of aromatic nitrogens is 1. The van der Waals surface area contributed by atoms with Crippen molar-refractivity contribution in [2.45, 2.75) is 34.1 Å². The summed E-state index contributed by atoms with van der Waals surface area (Å²) in [5.74, 6) is -0.425. The fourth-order valence-corrected chi connectivity index (χ4v) is 2.82. The van der Waals surface area contributed by atoms with E-state index in [9.17, 15) is 4.79 Å². The van der Waals surface area contributed by atoms with Gasteiger partial charge in [-0.3, -0.25) is 4.98 Å². The SMILES string of the molecule is C/C(N)=C/C(=O)OCC(C)(C)COC/C(C)=C/c1ccc(Cc2cccnc2)cc1. The van der Waals surface area contributed by atoms with Crippen LogP contribution in [0, 0.1) is 5.41 Å². The van der Waals surface area contributed by atoms with E-state index in [2.05, 4.69) is 41.4 Å². The largest absolute Gasteiger partial charge is 0.462 e. The maximum absolute atomic E-state index is 11.6. The molecule has 5 heteroatoms. The maximum Gasteiger partial charge on any atom is 0.332 e. The Bertz CT molecular complexity index is 865. The van der Waals surface area contributed by atoms with Gasteiger partial charge in [-0.1, -0.05) is 50.3 Å². The Hall–Kier alpha value is -2.92. The summed E-state index contributed by atoms with van der Waals surface area (Å²) in [7, 11) is 0. The first-order valence-corrected chi connectivity index (χ1v) is 10.1. The highest BCUT2D eigenvalue weighted by atomic mass is 16.5. The summed E-state index contributed by atoms with van der Waals surface area (Å²) in [6.45, 7) is 8.98. The standard InChI is InChI=1S/C25H32N2O3/c1-19(16-29-17-25(3,4)18-30-24(28)13-20(2)26)12-21-7-9-22(10-8-21)14-23-6-5-11-27-15-23/h5-13,15H,14,16-18,26H2,1-4H3/b19-12+,20-13-. The first-order valence-electron chi connectivity index (χ1n) is 10.1. The van der Waals surface area contributed by atoms with Crippen LogP contribution in [0.4, 0.5) is 0 Å². The van der Waals surface area contributed by atoms with Gasteiger partial charge < -0.3 is 15.2 Å². The van der Waals surface area contributed by atoms with Crippen molar-refractivity contribution in [3.8, 4) is 0 Å². The number of benzene rings is 1. The molecule has 0 saturated heterocycles. The van der Waals surface area contributed by atoms with Crippen molar-refractivity contribution in [3.05, 3.63) is 82.8 Å². The van der Waals surface area contributed by atoms with Gasteiger partial charge in [-0.25, -0.2) is 4.79 Å². The third kappa shape index (κ3) is 9.05. The predicted molar refractivity (Wildman–Crippen MR) is 121 cm³/mol. The molecule has 0 radical (unpaired) electrons. The summed E-state index contributed by atoms with van der Waals surface area (Å²) >= 11 is 0. The quantitative estimate of drug-likeness (QED) is 0.462. The van der Waals surface area contributed by atoms with E-state index in [0.29, 0.717) is 18.9 Å². The van der Waals surface area contributed by atoms with Crippen molar-refractivity contribution >= 4 is 12.0 Å². The smallest absolute Gasteiger partial charge is 0.332 e. The number of esters is 1. The Morgan fingerprint density at radius 3 is 2.47 bits per heavy atom. The van der Waals surface area contributed by atoms with Crippen LogP contribution in [0.25, 0.3) is 6.08 Å². The van der Waals surface area contributed by atoms with Gasteiger partial charge in [0.2, 0.25) is 0 Å². The molecule has 0 aliphatic heterocycles. The molecule has 0 saturated carbocycles. The minimum atomic E-state index is -0.425. The molecule has 2 rings (SSSR count). The van der Waals surface area contributed by atoms with Crippen LogP contribution in [0.3, 0.4) is 0 Å². The zero-order valence-corrected chi connectivity index (χ0v) is 18.4. The lowest BCUT2D eigenvalue weighted by atomic mass is 9.96. The van der Waals surface area contributed by atoms with Crippen molar-refractivity contribution in [1.29, 1.82) is 0 Å². The Morgan fingerprint density at radius 2 is 1.83 bits per heavy atom. The van der Waals surface area contributed by atoms with Gasteiger partial charge in [-0.2, -0.15) is 0 Å². The number of hydrogen-bond acceptors (Lipinski definition) is 5. The van der Waals surface area contributed by atoms with E-state index in [1.807, 2.05) is 33.0 Å². The molecule has 0 aliphatic rings. The van der Waals surface area contributed by atoms with Crippen molar-refractivity contribution in [3.63, 3.8) is 0 Å². The molecule has 0 aliphatic carbocycles. The number of pyridine rings is 1. The molecule has 2 N–H and O–H groups in total. The lowest BCUT2D eigenvalue weighted by Gasteiger charge is -2.23. The van der Waals surface area contributed by atoms with Crippen molar-refractivity contribution in [2.75, 3.05) is 19.8 Å². The lowest BCUT2D eigenvalue weighted by Crippen LogP contribution is -2.27. The first kappa shape index (κ1) is 23.4.